The number of ether oxygens (including phenoxy) is 2. The first-order valence-electron chi connectivity index (χ1n) is 9.53. The fourth-order valence-corrected chi connectivity index (χ4v) is 3.82. The van der Waals surface area contributed by atoms with Crippen LogP contribution in [0.15, 0.2) is 65.5 Å². The van der Waals surface area contributed by atoms with Crippen molar-refractivity contribution in [2.45, 2.75) is 31.2 Å². The van der Waals surface area contributed by atoms with Gasteiger partial charge in [0, 0.05) is 11.6 Å². The number of hydrogen-bond acceptors (Lipinski definition) is 7. The Labute approximate surface area is 177 Å². The Morgan fingerprint density at radius 1 is 1.19 bits per heavy atom. The standard InChI is InChI=1S/C23H19N3O5/c1-22(2)23(29,30-14-27)21(17-12-15(13-24)8-10-19(17)31-22)18-9-11-20(28)26(25-18)16-6-4-3-5-7-16/h3-12,14,21,29H,1-2H3. The molecule has 0 saturated carbocycles. The smallest absolute Gasteiger partial charge is 0.295 e. The molecule has 156 valence electrons. The molecule has 0 bridgehead atoms. The van der Waals surface area contributed by atoms with Crippen LogP contribution >= 0.6 is 0 Å². The molecule has 2 atom stereocenters. The van der Waals surface area contributed by atoms with Gasteiger partial charge in [-0.2, -0.15) is 15.0 Å². The minimum atomic E-state index is -2.16. The van der Waals surface area contributed by atoms with Gasteiger partial charge in [0.05, 0.1) is 23.0 Å². The maximum absolute atomic E-state index is 12.5. The average Bonchev–Trinajstić information content (AvgIpc) is 2.76. The van der Waals surface area contributed by atoms with E-state index in [0.717, 1.165) is 0 Å². The van der Waals surface area contributed by atoms with Crippen LogP contribution in [0.25, 0.3) is 5.69 Å². The van der Waals surface area contributed by atoms with Gasteiger partial charge in [0.25, 0.3) is 17.8 Å². The minimum Gasteiger partial charge on any atom is -0.481 e. The number of nitrogens with zero attached hydrogens (tertiary/aromatic N) is 3. The molecule has 2 aromatic carbocycles. The molecule has 2 unspecified atom stereocenters. The highest BCUT2D eigenvalue weighted by molar-refractivity contribution is 5.52. The topological polar surface area (TPSA) is 114 Å². The van der Waals surface area contributed by atoms with Gasteiger partial charge in [0.1, 0.15) is 11.7 Å². The Bertz CT molecular complexity index is 1250. The molecule has 1 aromatic heterocycles. The summed E-state index contributed by atoms with van der Waals surface area (Å²) in [6.07, 6.45) is 0. The summed E-state index contributed by atoms with van der Waals surface area (Å²) < 4.78 is 12.3. The van der Waals surface area contributed by atoms with Gasteiger partial charge < -0.3 is 14.6 Å². The lowest BCUT2D eigenvalue weighted by Gasteiger charge is -2.48. The largest absolute Gasteiger partial charge is 0.481 e. The van der Waals surface area contributed by atoms with Gasteiger partial charge in [-0.1, -0.05) is 18.2 Å². The number of rotatable bonds is 4. The van der Waals surface area contributed by atoms with E-state index in [0.29, 0.717) is 22.6 Å². The van der Waals surface area contributed by atoms with Crippen LogP contribution in [0.3, 0.4) is 0 Å². The van der Waals surface area contributed by atoms with E-state index < -0.39 is 17.3 Å². The Kier molecular flexibility index (Phi) is 4.84. The summed E-state index contributed by atoms with van der Waals surface area (Å²) in [6, 6.07) is 18.4. The minimum absolute atomic E-state index is 0.143. The van der Waals surface area contributed by atoms with Crippen molar-refractivity contribution in [2.75, 3.05) is 0 Å². The predicted molar refractivity (Wildman–Crippen MR) is 110 cm³/mol. The fraction of sp³-hybridized carbons (Fsp3) is 0.217. The number of carbonyl (C=O) groups excluding carboxylic acids is 1. The van der Waals surface area contributed by atoms with E-state index in [2.05, 4.69) is 11.2 Å². The quantitative estimate of drug-likeness (QED) is 0.511. The number of aromatic nitrogens is 2. The van der Waals surface area contributed by atoms with Gasteiger partial charge in [-0.25, -0.2) is 0 Å². The molecule has 3 aromatic rings. The maximum atomic E-state index is 12.5. The van der Waals surface area contributed by atoms with Crippen LogP contribution in [0.1, 0.15) is 36.6 Å². The highest BCUT2D eigenvalue weighted by atomic mass is 16.7. The van der Waals surface area contributed by atoms with Crippen molar-refractivity contribution < 1.29 is 19.4 Å². The number of aliphatic hydroxyl groups is 1. The molecular formula is C23H19N3O5. The molecule has 0 spiro atoms. The first-order valence-corrected chi connectivity index (χ1v) is 9.53. The third-order valence-corrected chi connectivity index (χ3v) is 5.41. The van der Waals surface area contributed by atoms with Crippen molar-refractivity contribution in [3.63, 3.8) is 0 Å². The molecular weight excluding hydrogens is 398 g/mol. The van der Waals surface area contributed by atoms with E-state index in [1.165, 1.54) is 16.8 Å². The van der Waals surface area contributed by atoms with Crippen molar-refractivity contribution in [3.05, 3.63) is 87.8 Å². The zero-order valence-corrected chi connectivity index (χ0v) is 16.9. The molecule has 1 aliphatic heterocycles. The van der Waals surface area contributed by atoms with Crippen molar-refractivity contribution >= 4 is 6.47 Å². The number of carbonyl (C=O) groups is 1. The first-order chi connectivity index (χ1) is 14.8. The molecule has 1 N–H and O–H groups in total. The van der Waals surface area contributed by atoms with Gasteiger partial charge in [0.15, 0.2) is 5.60 Å². The molecule has 4 rings (SSSR count). The van der Waals surface area contributed by atoms with E-state index in [-0.39, 0.29) is 17.7 Å². The number of hydrogen-bond donors (Lipinski definition) is 1. The lowest BCUT2D eigenvalue weighted by Crippen LogP contribution is -2.62. The Morgan fingerprint density at radius 3 is 2.61 bits per heavy atom. The summed E-state index contributed by atoms with van der Waals surface area (Å²) in [7, 11) is 0. The molecule has 0 saturated heterocycles. The van der Waals surface area contributed by atoms with Crippen LogP contribution in [0.5, 0.6) is 5.75 Å². The molecule has 0 radical (unpaired) electrons. The SMILES string of the molecule is CC1(C)Oc2ccc(C#N)cc2C(c2ccc(=O)n(-c3ccccc3)n2)C1(O)OC=O. The van der Waals surface area contributed by atoms with Crippen LogP contribution in [-0.4, -0.2) is 32.7 Å². The maximum Gasteiger partial charge on any atom is 0.295 e. The summed E-state index contributed by atoms with van der Waals surface area (Å²) in [4.78, 5) is 23.9. The molecule has 8 heteroatoms. The van der Waals surface area contributed by atoms with Gasteiger partial charge in [-0.05, 0) is 50.2 Å². The van der Waals surface area contributed by atoms with Crippen LogP contribution in [0.4, 0.5) is 0 Å². The summed E-state index contributed by atoms with van der Waals surface area (Å²) in [5.74, 6) is -2.78. The molecule has 0 aliphatic carbocycles. The zero-order chi connectivity index (χ0) is 22.2. The van der Waals surface area contributed by atoms with Gasteiger partial charge in [0.2, 0.25) is 0 Å². The molecule has 31 heavy (non-hydrogen) atoms. The second-order valence-corrected chi connectivity index (χ2v) is 7.66. The van der Waals surface area contributed by atoms with Crippen molar-refractivity contribution in [1.82, 2.24) is 9.78 Å². The zero-order valence-electron chi connectivity index (χ0n) is 16.9. The summed E-state index contributed by atoms with van der Waals surface area (Å²) >= 11 is 0. The van der Waals surface area contributed by atoms with Gasteiger partial charge >= 0.3 is 0 Å². The summed E-state index contributed by atoms with van der Waals surface area (Å²) in [6.45, 7) is 3.31. The summed E-state index contributed by atoms with van der Waals surface area (Å²) in [5.41, 5.74) is -0.195. The number of benzene rings is 2. The van der Waals surface area contributed by atoms with Crippen LogP contribution in [-0.2, 0) is 9.53 Å². The van der Waals surface area contributed by atoms with Gasteiger partial charge in [-0.3, -0.25) is 9.59 Å². The monoisotopic (exact) mass is 417 g/mol. The van der Waals surface area contributed by atoms with Crippen LogP contribution in [0.2, 0.25) is 0 Å². The average molecular weight is 417 g/mol. The van der Waals surface area contributed by atoms with Crippen molar-refractivity contribution in [2.24, 2.45) is 0 Å². The number of para-hydroxylation sites is 1. The molecule has 0 fully saturated rings. The second-order valence-electron chi connectivity index (χ2n) is 7.66. The lowest BCUT2D eigenvalue weighted by atomic mass is 9.75. The second kappa shape index (κ2) is 7.38. The van der Waals surface area contributed by atoms with E-state index in [4.69, 9.17) is 9.47 Å². The normalized spacial score (nSPS) is 21.3. The van der Waals surface area contributed by atoms with E-state index >= 15 is 0 Å². The fourth-order valence-electron chi connectivity index (χ4n) is 3.82. The highest BCUT2D eigenvalue weighted by Crippen LogP contribution is 2.50. The molecule has 0 amide bonds. The molecule has 2 heterocycles. The Hall–Kier alpha value is -3.96. The van der Waals surface area contributed by atoms with E-state index in [1.807, 2.05) is 6.07 Å². The predicted octanol–water partition coefficient (Wildman–Crippen LogP) is 2.27. The lowest BCUT2D eigenvalue weighted by molar-refractivity contribution is -0.275. The molecule has 8 nitrogen and oxygen atoms in total. The highest BCUT2D eigenvalue weighted by Gasteiger charge is 2.59. The van der Waals surface area contributed by atoms with Crippen molar-refractivity contribution in [3.8, 4) is 17.5 Å². The summed E-state index contributed by atoms with van der Waals surface area (Å²) in [5, 5.41) is 25.4. The molecule has 1 aliphatic rings. The first kappa shape index (κ1) is 20.3. The Balaban J connectivity index is 2.00. The number of nitriles is 1. The third-order valence-electron chi connectivity index (χ3n) is 5.41. The van der Waals surface area contributed by atoms with E-state index in [1.54, 1.807) is 56.3 Å². The van der Waals surface area contributed by atoms with E-state index in [9.17, 15) is 20.0 Å². The third kappa shape index (κ3) is 3.25. The van der Waals surface area contributed by atoms with Crippen LogP contribution < -0.4 is 10.3 Å². The number of fused-ring (bicyclic) bond motifs is 1. The van der Waals surface area contributed by atoms with Crippen molar-refractivity contribution in [1.29, 1.82) is 5.26 Å². The Morgan fingerprint density at radius 2 is 1.94 bits per heavy atom. The van der Waals surface area contributed by atoms with Crippen LogP contribution in [0, 0.1) is 11.3 Å². The van der Waals surface area contributed by atoms with Gasteiger partial charge in [-0.15, -0.1) is 0 Å².